The third kappa shape index (κ3) is 3.32. The Morgan fingerprint density at radius 1 is 0.941 bits per heavy atom. The van der Waals surface area contributed by atoms with Crippen molar-refractivity contribution in [2.24, 2.45) is 0 Å². The molecule has 2 aromatic carbocycles. The van der Waals surface area contributed by atoms with Crippen LogP contribution in [0.1, 0.15) is 35.2 Å². The number of nitrogens with zero attached hydrogens (tertiary/aromatic N) is 3. The van der Waals surface area contributed by atoms with Crippen molar-refractivity contribution < 1.29 is 0 Å². The Bertz CT molecular complexity index is 1380. The molecule has 2 aliphatic heterocycles. The van der Waals surface area contributed by atoms with Crippen LogP contribution in [0.4, 0.5) is 0 Å². The quantitative estimate of drug-likeness (QED) is 0.450. The fourth-order valence-electron chi connectivity index (χ4n) is 6.40. The fraction of sp³-hybridized carbons (Fsp3) is 0.300. The van der Waals surface area contributed by atoms with E-state index in [4.69, 9.17) is 4.98 Å². The molecule has 170 valence electrons. The first kappa shape index (κ1) is 20.2. The van der Waals surface area contributed by atoms with E-state index in [0.717, 1.165) is 25.0 Å². The molecule has 2 saturated heterocycles. The van der Waals surface area contributed by atoms with Crippen molar-refractivity contribution in [1.82, 2.24) is 19.8 Å². The summed E-state index contributed by atoms with van der Waals surface area (Å²) >= 11 is 0. The molecule has 0 saturated carbocycles. The van der Waals surface area contributed by atoms with Gasteiger partial charge in [0.25, 0.3) is 0 Å². The highest BCUT2D eigenvalue weighted by Gasteiger charge is 2.38. The average molecular weight is 447 g/mol. The largest absolute Gasteiger partial charge is 0.361 e. The Hall–Kier alpha value is -3.21. The number of hydrogen-bond donors (Lipinski definition) is 1. The molecule has 2 bridgehead atoms. The molecule has 2 aromatic heterocycles. The monoisotopic (exact) mass is 446 g/mol. The minimum atomic E-state index is 0.721. The lowest BCUT2D eigenvalue weighted by Gasteiger charge is -2.39. The second-order valence-corrected chi connectivity index (χ2v) is 10.3. The van der Waals surface area contributed by atoms with Crippen molar-refractivity contribution >= 4 is 16.5 Å². The molecule has 3 aliphatic rings. The summed E-state index contributed by atoms with van der Waals surface area (Å²) in [4.78, 5) is 13.4. The van der Waals surface area contributed by atoms with Crippen molar-refractivity contribution in [3.05, 3.63) is 95.5 Å². The van der Waals surface area contributed by atoms with Gasteiger partial charge in [-0.2, -0.15) is 0 Å². The maximum absolute atomic E-state index is 4.86. The minimum absolute atomic E-state index is 0.721. The SMILES string of the molecule is CN1CC2CCC(C1)N2Cc1ccc(-c2cnc3c(c2)C(c2cccc4[nH]ccc24)=CC3)cc1. The molecule has 7 rings (SSSR count). The zero-order chi connectivity index (χ0) is 22.6. The first-order valence-electron chi connectivity index (χ1n) is 12.5. The number of aromatic nitrogens is 2. The highest BCUT2D eigenvalue weighted by molar-refractivity contribution is 5.98. The Balaban J connectivity index is 1.15. The highest BCUT2D eigenvalue weighted by atomic mass is 15.3. The molecular weight excluding hydrogens is 416 g/mol. The zero-order valence-corrected chi connectivity index (χ0v) is 19.7. The minimum Gasteiger partial charge on any atom is -0.361 e. The van der Waals surface area contributed by atoms with E-state index < -0.39 is 0 Å². The van der Waals surface area contributed by atoms with Gasteiger partial charge in [0, 0.05) is 72.6 Å². The standard InChI is InChI=1S/C30H30N4/c1-33-18-23-9-10-24(19-33)34(23)17-20-5-7-21(8-6-20)22-15-28-26(11-12-30(28)32-16-22)25-3-2-4-29-27(25)13-14-31-29/h2-8,11,13-16,23-24,31H,9-10,12,17-19H2,1H3. The van der Waals surface area contributed by atoms with E-state index in [9.17, 15) is 0 Å². The predicted octanol–water partition coefficient (Wildman–Crippen LogP) is 5.50. The van der Waals surface area contributed by atoms with Gasteiger partial charge in [-0.15, -0.1) is 0 Å². The normalized spacial score (nSPS) is 22.3. The van der Waals surface area contributed by atoms with Crippen LogP contribution in [0.3, 0.4) is 0 Å². The Labute approximate surface area is 200 Å². The number of hydrogen-bond acceptors (Lipinski definition) is 3. The van der Waals surface area contributed by atoms with Crippen LogP contribution in [-0.4, -0.2) is 52.0 Å². The molecule has 4 aromatic rings. The lowest BCUT2D eigenvalue weighted by atomic mass is 9.95. The van der Waals surface area contributed by atoms with Gasteiger partial charge in [-0.25, -0.2) is 0 Å². The van der Waals surface area contributed by atoms with E-state index in [2.05, 4.69) is 82.5 Å². The van der Waals surface area contributed by atoms with Crippen molar-refractivity contribution in [3.8, 4) is 11.1 Å². The molecule has 2 atom stereocenters. The van der Waals surface area contributed by atoms with E-state index in [1.807, 2.05) is 12.4 Å². The molecule has 0 radical (unpaired) electrons. The maximum atomic E-state index is 4.86. The summed E-state index contributed by atoms with van der Waals surface area (Å²) in [5.41, 5.74) is 10.1. The third-order valence-corrected chi connectivity index (χ3v) is 8.11. The topological polar surface area (TPSA) is 35.2 Å². The summed E-state index contributed by atoms with van der Waals surface area (Å²) in [6.45, 7) is 3.49. The van der Waals surface area contributed by atoms with Gasteiger partial charge in [-0.3, -0.25) is 9.88 Å². The lowest BCUT2D eigenvalue weighted by molar-refractivity contribution is 0.0760. The van der Waals surface area contributed by atoms with E-state index in [-0.39, 0.29) is 0 Å². The first-order chi connectivity index (χ1) is 16.7. The lowest BCUT2D eigenvalue weighted by Crippen LogP contribution is -2.51. The number of fused-ring (bicyclic) bond motifs is 4. The van der Waals surface area contributed by atoms with Gasteiger partial charge in [0.1, 0.15) is 0 Å². The molecule has 1 N–H and O–H groups in total. The summed E-state index contributed by atoms with van der Waals surface area (Å²) in [6.07, 6.45) is 9.99. The Morgan fingerprint density at radius 3 is 2.59 bits per heavy atom. The number of piperazine rings is 1. The summed E-state index contributed by atoms with van der Waals surface area (Å²) < 4.78 is 0. The molecule has 34 heavy (non-hydrogen) atoms. The van der Waals surface area contributed by atoms with Crippen molar-refractivity contribution in [2.45, 2.75) is 37.9 Å². The molecule has 0 spiro atoms. The predicted molar refractivity (Wildman–Crippen MR) is 139 cm³/mol. The smallest absolute Gasteiger partial charge is 0.0520 e. The second kappa shape index (κ2) is 7.93. The molecule has 2 fully saturated rings. The van der Waals surface area contributed by atoms with Crippen LogP contribution < -0.4 is 0 Å². The van der Waals surface area contributed by atoms with Gasteiger partial charge < -0.3 is 9.88 Å². The van der Waals surface area contributed by atoms with Gasteiger partial charge in [0.15, 0.2) is 0 Å². The van der Waals surface area contributed by atoms with Gasteiger partial charge in [-0.1, -0.05) is 42.5 Å². The number of nitrogens with one attached hydrogen (secondary N) is 1. The van der Waals surface area contributed by atoms with Gasteiger partial charge in [0.05, 0.1) is 5.69 Å². The van der Waals surface area contributed by atoms with Gasteiger partial charge in [0.2, 0.25) is 0 Å². The van der Waals surface area contributed by atoms with E-state index in [1.165, 1.54) is 75.9 Å². The van der Waals surface area contributed by atoms with Crippen LogP contribution in [0, 0.1) is 0 Å². The highest BCUT2D eigenvalue weighted by Crippen LogP contribution is 2.37. The molecule has 4 heteroatoms. The number of H-pyrrole nitrogens is 1. The number of pyridine rings is 1. The van der Waals surface area contributed by atoms with Crippen LogP contribution in [-0.2, 0) is 13.0 Å². The maximum Gasteiger partial charge on any atom is 0.0520 e. The second-order valence-electron chi connectivity index (χ2n) is 10.3. The van der Waals surface area contributed by atoms with E-state index in [0.29, 0.717) is 0 Å². The number of benzene rings is 2. The third-order valence-electron chi connectivity index (χ3n) is 8.11. The first-order valence-corrected chi connectivity index (χ1v) is 12.5. The Morgan fingerprint density at radius 2 is 1.76 bits per heavy atom. The molecule has 0 amide bonds. The van der Waals surface area contributed by atoms with Crippen LogP contribution in [0.5, 0.6) is 0 Å². The Kier molecular flexibility index (Phi) is 4.71. The number of allylic oxidation sites excluding steroid dienone is 1. The zero-order valence-electron chi connectivity index (χ0n) is 19.7. The van der Waals surface area contributed by atoms with Crippen molar-refractivity contribution in [3.63, 3.8) is 0 Å². The van der Waals surface area contributed by atoms with Crippen molar-refractivity contribution in [1.29, 1.82) is 0 Å². The number of likely N-dealkylation sites (N-methyl/N-ethyl adjacent to an activating group) is 1. The average Bonchev–Trinajstić information content (AvgIpc) is 3.56. The number of rotatable bonds is 4. The number of likely N-dealkylation sites (tertiary alicyclic amines) is 1. The van der Waals surface area contributed by atoms with Crippen molar-refractivity contribution in [2.75, 3.05) is 20.1 Å². The van der Waals surface area contributed by atoms with Crippen LogP contribution in [0.25, 0.3) is 27.6 Å². The number of aromatic amines is 1. The summed E-state index contributed by atoms with van der Waals surface area (Å²) in [7, 11) is 2.27. The molecular formula is C30H30N4. The molecule has 4 nitrogen and oxygen atoms in total. The van der Waals surface area contributed by atoms with Crippen LogP contribution in [0.15, 0.2) is 73.1 Å². The molecule has 4 heterocycles. The van der Waals surface area contributed by atoms with Gasteiger partial charge in [-0.05, 0) is 60.4 Å². The van der Waals surface area contributed by atoms with E-state index >= 15 is 0 Å². The molecule has 2 unspecified atom stereocenters. The van der Waals surface area contributed by atoms with Crippen LogP contribution in [0.2, 0.25) is 0 Å². The van der Waals surface area contributed by atoms with Crippen LogP contribution >= 0.6 is 0 Å². The fourth-order valence-corrected chi connectivity index (χ4v) is 6.40. The summed E-state index contributed by atoms with van der Waals surface area (Å²) in [5.74, 6) is 0. The summed E-state index contributed by atoms with van der Waals surface area (Å²) in [5, 5.41) is 1.27. The van der Waals surface area contributed by atoms with E-state index in [1.54, 1.807) is 0 Å². The van der Waals surface area contributed by atoms with Gasteiger partial charge >= 0.3 is 0 Å². The molecule has 1 aliphatic carbocycles. The summed E-state index contributed by atoms with van der Waals surface area (Å²) in [6, 6.07) is 21.6.